The fraction of sp³-hybridized carbons (Fsp3) is 0.870. The van der Waals surface area contributed by atoms with Crippen LogP contribution in [-0.4, -0.2) is 29.0 Å². The Balaban J connectivity index is 0.00000729. The van der Waals surface area contributed by atoms with Crippen LogP contribution >= 0.6 is 0 Å². The van der Waals surface area contributed by atoms with Crippen LogP contribution in [0.2, 0.25) is 0 Å². The van der Waals surface area contributed by atoms with E-state index in [9.17, 15) is 5.11 Å². The summed E-state index contributed by atoms with van der Waals surface area (Å²) >= 11 is 0. The predicted molar refractivity (Wildman–Crippen MR) is 113 cm³/mol. The molecule has 0 saturated carbocycles. The van der Waals surface area contributed by atoms with Crippen LogP contribution in [0.3, 0.4) is 0 Å². The first kappa shape index (κ1) is 27.4. The van der Waals surface area contributed by atoms with E-state index >= 15 is 0 Å². The van der Waals surface area contributed by atoms with Crippen molar-refractivity contribution in [2.45, 2.75) is 117 Å². The summed E-state index contributed by atoms with van der Waals surface area (Å²) in [5.74, 6) is 0. The summed E-state index contributed by atoms with van der Waals surface area (Å²) < 4.78 is 9.83. The fourth-order valence-electron chi connectivity index (χ4n) is 3.50. The lowest BCUT2D eigenvalue weighted by Crippen LogP contribution is -3.00. The maximum atomic E-state index is 10.1. The van der Waals surface area contributed by atoms with Crippen molar-refractivity contribution >= 4 is 0 Å². The van der Waals surface area contributed by atoms with Gasteiger partial charge in [0.25, 0.3) is 0 Å². The Hall–Kier alpha value is -0.580. The van der Waals surface area contributed by atoms with Gasteiger partial charge in [0.05, 0.1) is 13.2 Å². The highest BCUT2D eigenvalue weighted by molar-refractivity contribution is 4.66. The lowest BCUT2D eigenvalue weighted by atomic mass is 10.1. The van der Waals surface area contributed by atoms with E-state index in [2.05, 4.69) is 30.9 Å². The second kappa shape index (κ2) is 19.7. The molecular formula is C23H45ClN2O2. The third-order valence-electron chi connectivity index (χ3n) is 5.10. The molecule has 0 aliphatic heterocycles. The molecular weight excluding hydrogens is 372 g/mol. The molecule has 0 aliphatic rings. The molecule has 0 spiro atoms. The first-order valence-electron chi connectivity index (χ1n) is 11.6. The van der Waals surface area contributed by atoms with E-state index in [-0.39, 0.29) is 12.4 Å². The Kier molecular flexibility index (Phi) is 19.3. The number of unbranched alkanes of at least 4 members (excludes halogenated alkanes) is 11. The molecule has 0 fully saturated rings. The highest BCUT2D eigenvalue weighted by Gasteiger charge is 2.10. The van der Waals surface area contributed by atoms with Crippen molar-refractivity contribution in [1.82, 2.24) is 4.57 Å². The molecule has 1 N–H and O–H groups in total. The van der Waals surface area contributed by atoms with E-state index in [0.29, 0.717) is 13.2 Å². The van der Waals surface area contributed by atoms with Gasteiger partial charge in [-0.2, -0.15) is 0 Å². The molecule has 4 nitrogen and oxygen atoms in total. The fourth-order valence-corrected chi connectivity index (χ4v) is 3.50. The summed E-state index contributed by atoms with van der Waals surface area (Å²) in [6.07, 6.45) is 23.1. The van der Waals surface area contributed by atoms with Crippen molar-refractivity contribution in [3.8, 4) is 0 Å². The normalized spacial score (nSPS) is 12.1. The Labute approximate surface area is 180 Å². The molecule has 0 aromatic carbocycles. The summed E-state index contributed by atoms with van der Waals surface area (Å²) in [7, 11) is 0. The van der Waals surface area contributed by atoms with Gasteiger partial charge in [-0.1, -0.05) is 84.5 Å². The Bertz CT molecular complexity index is 440. The van der Waals surface area contributed by atoms with Crippen LogP contribution in [0.25, 0.3) is 0 Å². The van der Waals surface area contributed by atoms with E-state index in [1.54, 1.807) is 0 Å². The van der Waals surface area contributed by atoms with Crippen molar-refractivity contribution in [2.24, 2.45) is 0 Å². The van der Waals surface area contributed by atoms with Crippen molar-refractivity contribution in [1.29, 1.82) is 0 Å². The van der Waals surface area contributed by atoms with E-state index in [1.807, 2.05) is 10.8 Å². The number of halogens is 1. The number of aliphatic hydroxyl groups is 1. The lowest BCUT2D eigenvalue weighted by molar-refractivity contribution is -0.703. The molecule has 0 saturated heterocycles. The van der Waals surface area contributed by atoms with Crippen molar-refractivity contribution in [3.63, 3.8) is 0 Å². The molecule has 0 amide bonds. The van der Waals surface area contributed by atoms with E-state index < -0.39 is 6.10 Å². The standard InChI is InChI=1S/C23H45N2O2.ClH/c1-3-5-6-7-8-9-10-11-12-13-14-15-19-27-21-23(26)20-25-18-17-24(22-25)16-4-2;/h17-18,22-23,26H,3-16,19-21H2,1-2H3;1H/q+1;/p-1. The molecule has 1 atom stereocenters. The minimum Gasteiger partial charge on any atom is -1.00 e. The SMILES string of the molecule is CCCCCCCCCCCCCCOCC(O)C[n+]1ccn(CCC)c1.[Cl-]. The summed E-state index contributed by atoms with van der Waals surface area (Å²) in [6, 6.07) is 0. The van der Waals surface area contributed by atoms with Gasteiger partial charge in [-0.25, -0.2) is 9.13 Å². The number of rotatable bonds is 19. The van der Waals surface area contributed by atoms with Crippen molar-refractivity contribution in [3.05, 3.63) is 18.7 Å². The van der Waals surface area contributed by atoms with E-state index in [1.165, 1.54) is 70.6 Å². The Morgan fingerprint density at radius 3 is 2.00 bits per heavy atom. The Morgan fingerprint density at radius 1 is 0.857 bits per heavy atom. The van der Waals surface area contributed by atoms with Crippen LogP contribution in [-0.2, 0) is 17.8 Å². The Morgan fingerprint density at radius 2 is 1.43 bits per heavy atom. The van der Waals surface area contributed by atoms with Crippen LogP contribution in [0.5, 0.6) is 0 Å². The van der Waals surface area contributed by atoms with Gasteiger partial charge >= 0.3 is 0 Å². The monoisotopic (exact) mass is 416 g/mol. The van der Waals surface area contributed by atoms with Gasteiger partial charge in [-0.05, 0) is 12.8 Å². The molecule has 166 valence electrons. The van der Waals surface area contributed by atoms with Gasteiger partial charge < -0.3 is 22.3 Å². The van der Waals surface area contributed by atoms with Crippen LogP contribution in [0, 0.1) is 0 Å². The molecule has 1 rings (SSSR count). The van der Waals surface area contributed by atoms with E-state index in [0.717, 1.165) is 26.0 Å². The second-order valence-electron chi connectivity index (χ2n) is 7.97. The smallest absolute Gasteiger partial charge is 0.243 e. The maximum Gasteiger partial charge on any atom is 0.243 e. The number of imidazole rings is 1. The number of aryl methyl sites for hydroxylation is 1. The molecule has 28 heavy (non-hydrogen) atoms. The number of nitrogens with zero attached hydrogens (tertiary/aromatic N) is 2. The largest absolute Gasteiger partial charge is 1.00 e. The van der Waals surface area contributed by atoms with Crippen LogP contribution < -0.4 is 17.0 Å². The number of hydrogen-bond acceptors (Lipinski definition) is 2. The quantitative estimate of drug-likeness (QED) is 0.277. The number of aromatic nitrogens is 2. The molecule has 0 radical (unpaired) electrons. The summed E-state index contributed by atoms with van der Waals surface area (Å²) in [6.45, 7) is 7.29. The minimum atomic E-state index is -0.426. The summed E-state index contributed by atoms with van der Waals surface area (Å²) in [5.41, 5.74) is 0. The average Bonchev–Trinajstić information content (AvgIpc) is 3.09. The van der Waals surface area contributed by atoms with Gasteiger partial charge in [0, 0.05) is 6.61 Å². The number of ether oxygens (including phenoxy) is 1. The molecule has 1 heterocycles. The average molecular weight is 417 g/mol. The zero-order valence-corrected chi connectivity index (χ0v) is 19.2. The summed E-state index contributed by atoms with van der Waals surface area (Å²) in [4.78, 5) is 0. The van der Waals surface area contributed by atoms with Gasteiger partial charge in [0.1, 0.15) is 25.0 Å². The third kappa shape index (κ3) is 15.4. The van der Waals surface area contributed by atoms with Gasteiger partial charge in [0.15, 0.2) is 0 Å². The second-order valence-corrected chi connectivity index (χ2v) is 7.97. The lowest BCUT2D eigenvalue weighted by Gasteiger charge is -2.09. The maximum absolute atomic E-state index is 10.1. The first-order valence-corrected chi connectivity index (χ1v) is 11.6. The topological polar surface area (TPSA) is 38.3 Å². The number of hydrogen-bond donors (Lipinski definition) is 1. The zero-order valence-electron chi connectivity index (χ0n) is 18.5. The van der Waals surface area contributed by atoms with Crippen molar-refractivity contribution in [2.75, 3.05) is 13.2 Å². The molecule has 5 heteroatoms. The van der Waals surface area contributed by atoms with Gasteiger partial charge in [-0.3, -0.25) is 0 Å². The molecule has 0 bridgehead atoms. The summed E-state index contributed by atoms with van der Waals surface area (Å²) in [5, 5.41) is 10.1. The molecule has 1 unspecified atom stereocenters. The van der Waals surface area contributed by atoms with Gasteiger partial charge in [0.2, 0.25) is 6.33 Å². The highest BCUT2D eigenvalue weighted by Crippen LogP contribution is 2.11. The molecule has 1 aromatic heterocycles. The zero-order chi connectivity index (χ0) is 19.6. The first-order chi connectivity index (χ1) is 13.3. The molecule has 1 aromatic rings. The predicted octanol–water partition coefficient (Wildman–Crippen LogP) is 2.27. The van der Waals surface area contributed by atoms with Crippen LogP contribution in [0.15, 0.2) is 18.7 Å². The minimum absolute atomic E-state index is 0. The highest BCUT2D eigenvalue weighted by atomic mass is 35.5. The van der Waals surface area contributed by atoms with Crippen LogP contribution in [0.4, 0.5) is 0 Å². The van der Waals surface area contributed by atoms with Crippen LogP contribution in [0.1, 0.15) is 97.3 Å². The third-order valence-corrected chi connectivity index (χ3v) is 5.10. The molecule has 0 aliphatic carbocycles. The van der Waals surface area contributed by atoms with E-state index in [4.69, 9.17) is 4.74 Å². The van der Waals surface area contributed by atoms with Crippen molar-refractivity contribution < 1.29 is 26.8 Å². The van der Waals surface area contributed by atoms with Gasteiger partial charge in [-0.15, -0.1) is 0 Å². The number of aliphatic hydroxyl groups excluding tert-OH is 1.